The van der Waals surface area contributed by atoms with Crippen LogP contribution in [0.15, 0.2) is 36.4 Å². The Kier molecular flexibility index (Phi) is 2.97. The number of carboxylic acids is 1. The molecule has 4 rings (SSSR count). The first-order chi connectivity index (χ1) is 11.1. The van der Waals surface area contributed by atoms with Gasteiger partial charge in [0.1, 0.15) is 0 Å². The van der Waals surface area contributed by atoms with E-state index < -0.39 is 5.97 Å². The van der Waals surface area contributed by atoms with E-state index in [2.05, 4.69) is 0 Å². The Labute approximate surface area is 131 Å². The summed E-state index contributed by atoms with van der Waals surface area (Å²) in [6.45, 7) is 0.125. The number of hydrogen-bond donors (Lipinski definition) is 0. The van der Waals surface area contributed by atoms with Crippen molar-refractivity contribution in [2.24, 2.45) is 0 Å². The summed E-state index contributed by atoms with van der Waals surface area (Å²) in [6, 6.07) is 10.8. The molecule has 0 N–H and O–H groups in total. The SMILES string of the molecule is O=C([O-])c1c(CN2C(=O)Cc3ccccc32)ccc2c1OCO2. The largest absolute Gasteiger partial charge is 0.545 e. The zero-order valence-corrected chi connectivity index (χ0v) is 12.1. The maximum atomic E-state index is 12.3. The maximum Gasteiger partial charge on any atom is 0.231 e. The van der Waals surface area contributed by atoms with Gasteiger partial charge in [0.25, 0.3) is 0 Å². The molecule has 6 heteroatoms. The van der Waals surface area contributed by atoms with Gasteiger partial charge in [0.2, 0.25) is 12.7 Å². The van der Waals surface area contributed by atoms with Gasteiger partial charge in [-0.15, -0.1) is 0 Å². The third kappa shape index (κ3) is 2.11. The van der Waals surface area contributed by atoms with Crippen LogP contribution >= 0.6 is 0 Å². The summed E-state index contributed by atoms with van der Waals surface area (Å²) in [7, 11) is 0. The van der Waals surface area contributed by atoms with Gasteiger partial charge in [-0.3, -0.25) is 4.79 Å². The van der Waals surface area contributed by atoms with Crippen molar-refractivity contribution in [2.45, 2.75) is 13.0 Å². The molecule has 0 saturated carbocycles. The number of aromatic carboxylic acids is 1. The third-order valence-electron chi connectivity index (χ3n) is 4.08. The van der Waals surface area contributed by atoms with Crippen LogP contribution in [-0.4, -0.2) is 18.7 Å². The Balaban J connectivity index is 1.76. The zero-order chi connectivity index (χ0) is 16.0. The molecule has 0 fully saturated rings. The van der Waals surface area contributed by atoms with Crippen molar-refractivity contribution in [2.75, 3.05) is 11.7 Å². The Bertz CT molecular complexity index is 830. The van der Waals surface area contributed by atoms with E-state index in [1.165, 1.54) is 0 Å². The van der Waals surface area contributed by atoms with Gasteiger partial charge >= 0.3 is 0 Å². The average molecular weight is 310 g/mol. The fraction of sp³-hybridized carbons (Fsp3) is 0.176. The number of hydrogen-bond acceptors (Lipinski definition) is 5. The van der Waals surface area contributed by atoms with Crippen molar-refractivity contribution in [3.63, 3.8) is 0 Å². The molecule has 2 heterocycles. The number of benzene rings is 2. The summed E-state index contributed by atoms with van der Waals surface area (Å²) in [5.41, 5.74) is 2.14. The van der Waals surface area contributed by atoms with Gasteiger partial charge < -0.3 is 24.3 Å². The predicted molar refractivity (Wildman–Crippen MR) is 78.2 cm³/mol. The van der Waals surface area contributed by atoms with Crippen molar-refractivity contribution in [3.05, 3.63) is 53.1 Å². The highest BCUT2D eigenvalue weighted by Crippen LogP contribution is 2.39. The normalized spacial score (nSPS) is 15.0. The summed E-state index contributed by atoms with van der Waals surface area (Å²) < 4.78 is 10.4. The predicted octanol–water partition coefficient (Wildman–Crippen LogP) is 0.868. The average Bonchev–Trinajstić information content (AvgIpc) is 3.11. The number of para-hydroxylation sites is 1. The molecule has 0 radical (unpaired) electrons. The molecule has 23 heavy (non-hydrogen) atoms. The molecular formula is C17H12NO5-. The summed E-state index contributed by atoms with van der Waals surface area (Å²) >= 11 is 0. The lowest BCUT2D eigenvalue weighted by Gasteiger charge is -2.20. The molecular weight excluding hydrogens is 298 g/mol. The number of ether oxygens (including phenoxy) is 2. The highest BCUT2D eigenvalue weighted by Gasteiger charge is 2.29. The molecule has 6 nitrogen and oxygen atoms in total. The fourth-order valence-corrected chi connectivity index (χ4v) is 3.03. The van der Waals surface area contributed by atoms with E-state index in [1.54, 1.807) is 17.0 Å². The second-order valence-electron chi connectivity index (χ2n) is 5.41. The first kappa shape index (κ1) is 13.6. The molecule has 0 bridgehead atoms. The Morgan fingerprint density at radius 2 is 2.00 bits per heavy atom. The number of carboxylic acid groups (broad SMARTS) is 1. The molecule has 0 unspecified atom stereocenters. The molecule has 0 atom stereocenters. The molecule has 0 aliphatic carbocycles. The van der Waals surface area contributed by atoms with Crippen LogP contribution < -0.4 is 19.5 Å². The molecule has 0 spiro atoms. The number of fused-ring (bicyclic) bond motifs is 2. The Morgan fingerprint density at radius 1 is 1.17 bits per heavy atom. The quantitative estimate of drug-likeness (QED) is 0.840. The summed E-state index contributed by atoms with van der Waals surface area (Å²) in [4.78, 5) is 25.4. The van der Waals surface area contributed by atoms with E-state index in [0.29, 0.717) is 17.7 Å². The van der Waals surface area contributed by atoms with E-state index in [0.717, 1.165) is 11.3 Å². The maximum absolute atomic E-state index is 12.3. The van der Waals surface area contributed by atoms with E-state index >= 15 is 0 Å². The number of amides is 1. The highest BCUT2D eigenvalue weighted by atomic mass is 16.7. The number of nitrogens with zero attached hydrogens (tertiary/aromatic N) is 1. The van der Waals surface area contributed by atoms with Gasteiger partial charge in [-0.1, -0.05) is 24.3 Å². The minimum Gasteiger partial charge on any atom is -0.545 e. The number of rotatable bonds is 3. The van der Waals surface area contributed by atoms with Crippen LogP contribution in [0.3, 0.4) is 0 Å². The van der Waals surface area contributed by atoms with Crippen molar-refractivity contribution >= 4 is 17.6 Å². The number of anilines is 1. The van der Waals surface area contributed by atoms with Gasteiger partial charge in [-0.25, -0.2) is 0 Å². The van der Waals surface area contributed by atoms with Crippen molar-refractivity contribution < 1.29 is 24.2 Å². The second kappa shape index (κ2) is 5.01. The molecule has 1 amide bonds. The van der Waals surface area contributed by atoms with E-state index in [-0.39, 0.29) is 30.6 Å². The lowest BCUT2D eigenvalue weighted by molar-refractivity contribution is -0.255. The van der Waals surface area contributed by atoms with Crippen LogP contribution in [0.4, 0.5) is 5.69 Å². The van der Waals surface area contributed by atoms with Gasteiger partial charge in [-0.05, 0) is 23.3 Å². The van der Waals surface area contributed by atoms with Crippen LogP contribution in [0.1, 0.15) is 21.5 Å². The molecule has 0 aromatic heterocycles. The monoisotopic (exact) mass is 310 g/mol. The van der Waals surface area contributed by atoms with Crippen LogP contribution in [-0.2, 0) is 17.8 Å². The van der Waals surface area contributed by atoms with Crippen LogP contribution in [0.5, 0.6) is 11.5 Å². The fourth-order valence-electron chi connectivity index (χ4n) is 3.03. The summed E-state index contributed by atoms with van der Waals surface area (Å²) in [5, 5.41) is 11.5. The smallest absolute Gasteiger partial charge is 0.231 e. The third-order valence-corrected chi connectivity index (χ3v) is 4.08. The standard InChI is InChI=1S/C17H13NO5/c19-14-7-10-3-1-2-4-12(10)18(14)8-11-5-6-13-16(23-9-22-13)15(11)17(20)21/h1-6H,7-9H2,(H,20,21)/p-1. The molecule has 2 aromatic carbocycles. The first-order valence-corrected chi connectivity index (χ1v) is 7.16. The van der Waals surface area contributed by atoms with Crippen LogP contribution in [0, 0.1) is 0 Å². The second-order valence-corrected chi connectivity index (χ2v) is 5.41. The van der Waals surface area contributed by atoms with Crippen molar-refractivity contribution in [1.82, 2.24) is 0 Å². The highest BCUT2D eigenvalue weighted by molar-refractivity contribution is 6.02. The summed E-state index contributed by atoms with van der Waals surface area (Å²) in [5.74, 6) is -0.862. The number of carbonyl (C=O) groups is 2. The van der Waals surface area contributed by atoms with Gasteiger partial charge in [-0.2, -0.15) is 0 Å². The molecule has 2 aromatic rings. The number of carbonyl (C=O) groups excluding carboxylic acids is 2. The van der Waals surface area contributed by atoms with Gasteiger partial charge in [0.05, 0.1) is 18.9 Å². The van der Waals surface area contributed by atoms with Gasteiger partial charge in [0.15, 0.2) is 11.5 Å². The lowest BCUT2D eigenvalue weighted by Crippen LogP contribution is -2.29. The molecule has 116 valence electrons. The Morgan fingerprint density at radius 3 is 2.83 bits per heavy atom. The van der Waals surface area contributed by atoms with Gasteiger partial charge in [0, 0.05) is 11.3 Å². The van der Waals surface area contributed by atoms with E-state index in [9.17, 15) is 14.7 Å². The van der Waals surface area contributed by atoms with E-state index in [1.807, 2.05) is 24.3 Å². The van der Waals surface area contributed by atoms with Crippen molar-refractivity contribution in [3.8, 4) is 11.5 Å². The summed E-state index contributed by atoms with van der Waals surface area (Å²) in [6.07, 6.45) is 0.321. The molecule has 0 saturated heterocycles. The first-order valence-electron chi connectivity index (χ1n) is 7.16. The minimum absolute atomic E-state index is 0.0233. The minimum atomic E-state index is -1.35. The lowest BCUT2D eigenvalue weighted by atomic mass is 10.0. The molecule has 2 aliphatic rings. The zero-order valence-electron chi connectivity index (χ0n) is 12.1. The topological polar surface area (TPSA) is 78.9 Å². The Hall–Kier alpha value is -3.02. The van der Waals surface area contributed by atoms with E-state index in [4.69, 9.17) is 9.47 Å². The van der Waals surface area contributed by atoms with Crippen molar-refractivity contribution in [1.29, 1.82) is 0 Å². The molecule has 2 aliphatic heterocycles. The van der Waals surface area contributed by atoms with Crippen LogP contribution in [0.25, 0.3) is 0 Å². The van der Waals surface area contributed by atoms with Crippen LogP contribution in [0.2, 0.25) is 0 Å².